The number of methoxy groups -OCH3 is 1. The van der Waals surface area contributed by atoms with E-state index in [1.54, 1.807) is 38.3 Å². The van der Waals surface area contributed by atoms with Crippen molar-refractivity contribution in [1.82, 2.24) is 0 Å². The van der Waals surface area contributed by atoms with E-state index in [0.717, 1.165) is 39.6 Å². The fourth-order valence-electron chi connectivity index (χ4n) is 5.37. The molecule has 0 saturated heterocycles. The molecule has 11 nitrogen and oxygen atoms in total. The molecule has 0 unspecified atom stereocenters. The Hall–Kier alpha value is -4.84. The summed E-state index contributed by atoms with van der Waals surface area (Å²) in [7, 11) is -10.5. The second-order valence-electron chi connectivity index (χ2n) is 12.2. The van der Waals surface area contributed by atoms with Gasteiger partial charge < -0.3 is 4.74 Å². The number of sulfone groups is 2. The van der Waals surface area contributed by atoms with Crippen LogP contribution in [0.1, 0.15) is 16.7 Å². The van der Waals surface area contributed by atoms with E-state index in [9.17, 15) is 29.8 Å². The lowest BCUT2D eigenvalue weighted by Crippen LogP contribution is -2.07. The molecule has 15 heteroatoms. The van der Waals surface area contributed by atoms with Crippen LogP contribution >= 0.6 is 12.0 Å². The summed E-state index contributed by atoms with van der Waals surface area (Å²) in [4.78, 5) is 0.0938. The van der Waals surface area contributed by atoms with E-state index < -0.39 is 34.7 Å². The molecular weight excluding hydrogens is 785 g/mol. The molecule has 286 valence electrons. The highest BCUT2D eigenvalue weighted by Gasteiger charge is 2.23. The minimum atomic E-state index is -4.56. The Labute approximate surface area is 324 Å². The summed E-state index contributed by atoms with van der Waals surface area (Å²) in [5, 5.41) is 11.7. The van der Waals surface area contributed by atoms with Crippen LogP contribution in [0.3, 0.4) is 0 Å². The van der Waals surface area contributed by atoms with Crippen molar-refractivity contribution >= 4 is 41.8 Å². The van der Waals surface area contributed by atoms with Crippen molar-refractivity contribution in [2.75, 3.05) is 7.11 Å². The van der Waals surface area contributed by atoms with Crippen LogP contribution in [0.5, 0.6) is 5.75 Å². The number of ether oxygens (including phenoxy) is 1. The Bertz CT molecular complexity index is 2610. The quantitative estimate of drug-likeness (QED) is 0.0551. The van der Waals surface area contributed by atoms with Gasteiger partial charge in [0.25, 0.3) is 10.1 Å². The lowest BCUT2D eigenvalue weighted by molar-refractivity contribution is -0.432. The van der Waals surface area contributed by atoms with Crippen LogP contribution in [-0.2, 0) is 39.2 Å². The number of hydrogen-bond acceptors (Lipinski definition) is 11. The van der Waals surface area contributed by atoms with Crippen molar-refractivity contribution in [3.05, 3.63) is 150 Å². The Morgan fingerprint density at radius 3 is 1.38 bits per heavy atom. The predicted molar refractivity (Wildman–Crippen MR) is 209 cm³/mol. The van der Waals surface area contributed by atoms with E-state index in [4.69, 9.17) is 9.99 Å². The van der Waals surface area contributed by atoms with Crippen molar-refractivity contribution in [3.63, 3.8) is 0 Å². The second kappa shape index (κ2) is 17.3. The molecule has 0 radical (unpaired) electrons. The van der Waals surface area contributed by atoms with Crippen LogP contribution < -0.4 is 4.74 Å². The average molecular weight is 821 g/mol. The van der Waals surface area contributed by atoms with E-state index in [2.05, 4.69) is 21.5 Å². The molecule has 0 aliphatic heterocycles. The molecule has 0 aromatic heterocycles. The zero-order valence-electron chi connectivity index (χ0n) is 29.9. The molecule has 0 atom stereocenters. The average Bonchev–Trinajstić information content (AvgIpc) is 3.18. The van der Waals surface area contributed by atoms with E-state index in [-0.39, 0.29) is 15.4 Å². The monoisotopic (exact) mass is 820 g/mol. The van der Waals surface area contributed by atoms with Gasteiger partial charge in [-0.15, -0.1) is 4.33 Å². The van der Waals surface area contributed by atoms with Crippen LogP contribution in [0.2, 0.25) is 0 Å². The fourth-order valence-corrected chi connectivity index (χ4v) is 9.32. The van der Waals surface area contributed by atoms with Gasteiger partial charge in [0.15, 0.2) is 0 Å². The van der Waals surface area contributed by atoms with Crippen LogP contribution in [0.4, 0.5) is 0 Å². The highest BCUT2D eigenvalue weighted by Crippen LogP contribution is 2.31. The fraction of sp³-hybridized carbons (Fsp3) is 0.100. The first-order chi connectivity index (χ1) is 26.0. The highest BCUT2D eigenvalue weighted by molar-refractivity contribution is 7.94. The summed E-state index contributed by atoms with van der Waals surface area (Å²) in [6.45, 7) is 5.07. The molecule has 55 heavy (non-hydrogen) atoms. The largest absolute Gasteiger partial charge is 0.497 e. The Kier molecular flexibility index (Phi) is 13.0. The highest BCUT2D eigenvalue weighted by atomic mass is 32.2. The summed E-state index contributed by atoms with van der Waals surface area (Å²) >= 11 is 0.610. The lowest BCUT2D eigenvalue weighted by Gasteiger charge is -2.10. The zero-order valence-corrected chi connectivity index (χ0v) is 33.2. The number of hydrogen-bond donors (Lipinski definition) is 2. The third kappa shape index (κ3) is 9.89. The van der Waals surface area contributed by atoms with E-state index >= 15 is 0 Å². The Morgan fingerprint density at radius 2 is 0.909 bits per heavy atom. The molecule has 0 aliphatic rings. The molecule has 0 aliphatic carbocycles. The van der Waals surface area contributed by atoms with Crippen molar-refractivity contribution < 1.29 is 49.2 Å². The normalized spacial score (nSPS) is 11.7. The molecule has 2 N–H and O–H groups in total. The Morgan fingerprint density at radius 1 is 0.509 bits per heavy atom. The maximum absolute atomic E-state index is 12.8. The first-order valence-corrected chi connectivity index (χ1v) is 21.4. The smallest absolute Gasteiger partial charge is 0.294 e. The van der Waals surface area contributed by atoms with Crippen LogP contribution in [0.25, 0.3) is 22.3 Å². The minimum absolute atomic E-state index is 0.118. The van der Waals surface area contributed by atoms with Gasteiger partial charge in [0.2, 0.25) is 19.7 Å². The molecule has 0 saturated carbocycles. The summed E-state index contributed by atoms with van der Waals surface area (Å²) in [6.07, 6.45) is 0. The third-order valence-electron chi connectivity index (χ3n) is 8.51. The predicted octanol–water partition coefficient (Wildman–Crippen LogP) is 8.98. The van der Waals surface area contributed by atoms with Crippen LogP contribution in [0, 0.1) is 20.8 Å². The topological polar surface area (TPSA) is 171 Å². The number of benzene rings is 6. The van der Waals surface area contributed by atoms with Gasteiger partial charge >= 0.3 is 0 Å². The van der Waals surface area contributed by atoms with Gasteiger partial charge in [-0.3, -0.25) is 4.55 Å². The first kappa shape index (κ1) is 41.3. The summed E-state index contributed by atoms with van der Waals surface area (Å²) < 4.78 is 92.7. The van der Waals surface area contributed by atoms with Gasteiger partial charge in [0.05, 0.1) is 43.6 Å². The maximum Gasteiger partial charge on any atom is 0.294 e. The van der Waals surface area contributed by atoms with E-state index in [1.807, 2.05) is 67.6 Å². The van der Waals surface area contributed by atoms with Crippen LogP contribution in [-0.4, -0.2) is 42.2 Å². The lowest BCUT2D eigenvalue weighted by atomic mass is 10.0. The standard InChI is InChI=1S/C26H22O3S.C14H14O8S3/c1-19-3-15-25(16-4-19)30(27,28)26-17-11-23(12-18-26)21-7-5-20(6-8-21)22-9-13-24(29-2)14-10-22;1-9-3-5-11(7-13(9)23-22-21-15)24(16,17)12-6-4-10(2)14(8-12)25(18,19)20/h3-18H,1-2H3;3-8,15H,1-2H3,(H,18,19,20). The van der Waals surface area contributed by atoms with Gasteiger partial charge in [-0.2, -0.15) is 8.42 Å². The van der Waals surface area contributed by atoms with Gasteiger partial charge in [-0.25, -0.2) is 22.1 Å². The Balaban J connectivity index is 0.000000215. The molecule has 0 bridgehead atoms. The van der Waals surface area contributed by atoms with Crippen molar-refractivity contribution in [2.45, 2.75) is 50.1 Å². The molecule has 6 aromatic carbocycles. The first-order valence-electron chi connectivity index (χ1n) is 16.3. The van der Waals surface area contributed by atoms with E-state index in [0.29, 0.717) is 32.3 Å². The molecule has 6 rings (SSSR count). The molecular formula is C40H36O11S4. The number of rotatable bonds is 11. The second-order valence-corrected chi connectivity index (χ2v) is 18.2. The maximum atomic E-state index is 12.8. The summed E-state index contributed by atoms with van der Waals surface area (Å²) in [6, 6.07) is 37.7. The molecule has 0 fully saturated rings. The third-order valence-corrected chi connectivity index (χ3v) is 13.8. The van der Waals surface area contributed by atoms with Crippen molar-refractivity contribution in [3.8, 4) is 28.0 Å². The number of aryl methyl sites for hydroxylation is 3. The molecule has 6 aromatic rings. The van der Waals surface area contributed by atoms with Gasteiger partial charge in [-0.1, -0.05) is 83.4 Å². The van der Waals surface area contributed by atoms with Gasteiger partial charge in [0, 0.05) is 4.90 Å². The van der Waals surface area contributed by atoms with Crippen molar-refractivity contribution in [1.29, 1.82) is 0 Å². The van der Waals surface area contributed by atoms with Crippen molar-refractivity contribution in [2.24, 2.45) is 0 Å². The van der Waals surface area contributed by atoms with Gasteiger partial charge in [-0.05, 0) is 115 Å². The van der Waals surface area contributed by atoms with E-state index in [1.165, 1.54) is 37.3 Å². The minimum Gasteiger partial charge on any atom is -0.497 e. The van der Waals surface area contributed by atoms with Crippen LogP contribution in [0.15, 0.2) is 163 Å². The van der Waals surface area contributed by atoms with Gasteiger partial charge in [0.1, 0.15) is 5.75 Å². The summed E-state index contributed by atoms with van der Waals surface area (Å²) in [5.41, 5.74) is 6.15. The molecule has 0 spiro atoms. The SMILES string of the molecule is COc1ccc(-c2ccc(-c3ccc(S(=O)(=O)c4ccc(C)cc4)cc3)cc2)cc1.Cc1ccc(S(=O)(=O)c2ccc(C)c(S(=O)(=O)O)c2)cc1SOOO. The molecule has 0 amide bonds. The molecule has 0 heterocycles. The zero-order chi connectivity index (χ0) is 40.0. The summed E-state index contributed by atoms with van der Waals surface area (Å²) in [5.74, 6) is 0.830.